The summed E-state index contributed by atoms with van der Waals surface area (Å²) in [7, 11) is 0. The standard InChI is InChI=1S/C24H32N6O6/c1-3-26-23(34)20-18(32)19(33)24(36-20)30-12-27-17-21(25)28-16(29-22(17)30)6-4-5-14-7-9-15(10-8-14)11-35-13(2)31/h12,14-15,18-20,24,32-33H,3,5,7-11H2,1-2H3,(H,26,34)(H2,25,28,29)/t14?,15?,18-,19+,20+,24-/m1/s1. The molecule has 12 nitrogen and oxygen atoms in total. The Morgan fingerprint density at radius 1 is 1.22 bits per heavy atom. The zero-order chi connectivity index (χ0) is 25.8. The maximum atomic E-state index is 12.2. The molecular weight excluding hydrogens is 468 g/mol. The molecule has 4 atom stereocenters. The largest absolute Gasteiger partial charge is 0.466 e. The number of aromatic nitrogens is 4. The van der Waals surface area contributed by atoms with Gasteiger partial charge in [-0.3, -0.25) is 14.2 Å². The van der Waals surface area contributed by atoms with Crippen LogP contribution in [-0.2, 0) is 19.1 Å². The lowest BCUT2D eigenvalue weighted by Gasteiger charge is -2.26. The molecule has 1 saturated carbocycles. The van der Waals surface area contributed by atoms with E-state index in [0.717, 1.165) is 25.7 Å². The molecule has 0 unspecified atom stereocenters. The minimum Gasteiger partial charge on any atom is -0.466 e. The van der Waals surface area contributed by atoms with E-state index in [0.29, 0.717) is 36.9 Å². The van der Waals surface area contributed by atoms with Crippen LogP contribution in [0.15, 0.2) is 6.33 Å². The second kappa shape index (κ2) is 11.2. The van der Waals surface area contributed by atoms with Gasteiger partial charge in [0.2, 0.25) is 5.82 Å². The number of carbonyl (C=O) groups is 2. The molecule has 1 amide bonds. The molecule has 1 aliphatic carbocycles. The van der Waals surface area contributed by atoms with Crippen LogP contribution in [0.5, 0.6) is 0 Å². The van der Waals surface area contributed by atoms with E-state index in [2.05, 4.69) is 32.1 Å². The number of amides is 1. The number of nitrogens with one attached hydrogen (secondary N) is 1. The Bertz CT molecular complexity index is 1170. The molecular formula is C24H32N6O6. The Morgan fingerprint density at radius 2 is 1.94 bits per heavy atom. The molecule has 194 valence electrons. The number of hydrogen-bond acceptors (Lipinski definition) is 10. The molecule has 2 aromatic heterocycles. The van der Waals surface area contributed by atoms with E-state index in [9.17, 15) is 19.8 Å². The third-order valence-corrected chi connectivity index (χ3v) is 6.65. The first-order valence-electron chi connectivity index (χ1n) is 12.2. The van der Waals surface area contributed by atoms with Crippen molar-refractivity contribution < 1.29 is 29.3 Å². The minimum atomic E-state index is -1.42. The van der Waals surface area contributed by atoms with Gasteiger partial charge in [0.25, 0.3) is 5.91 Å². The Kier molecular flexibility index (Phi) is 8.03. The number of aliphatic hydroxyl groups excluding tert-OH is 2. The van der Waals surface area contributed by atoms with E-state index >= 15 is 0 Å². The lowest BCUT2D eigenvalue weighted by molar-refractivity contribution is -0.142. The predicted molar refractivity (Wildman–Crippen MR) is 128 cm³/mol. The smallest absolute Gasteiger partial charge is 0.302 e. The van der Waals surface area contributed by atoms with Crippen molar-refractivity contribution in [3.8, 4) is 11.8 Å². The van der Waals surface area contributed by atoms with E-state index in [-0.39, 0.29) is 23.3 Å². The van der Waals surface area contributed by atoms with Gasteiger partial charge in [-0.1, -0.05) is 5.92 Å². The zero-order valence-electron chi connectivity index (χ0n) is 20.4. The van der Waals surface area contributed by atoms with Crippen LogP contribution in [0, 0.1) is 23.7 Å². The maximum Gasteiger partial charge on any atom is 0.302 e. The van der Waals surface area contributed by atoms with Crippen molar-refractivity contribution in [3.05, 3.63) is 12.2 Å². The number of hydrogen-bond donors (Lipinski definition) is 4. The Morgan fingerprint density at radius 3 is 2.64 bits per heavy atom. The number of fused-ring (bicyclic) bond motifs is 1. The lowest BCUT2D eigenvalue weighted by atomic mass is 9.81. The Labute approximate surface area is 208 Å². The van der Waals surface area contributed by atoms with E-state index in [4.69, 9.17) is 15.2 Å². The molecule has 4 rings (SSSR count). The van der Waals surface area contributed by atoms with Crippen molar-refractivity contribution >= 4 is 28.9 Å². The van der Waals surface area contributed by atoms with Crippen LogP contribution in [0.4, 0.5) is 5.82 Å². The topological polar surface area (TPSA) is 175 Å². The summed E-state index contributed by atoms with van der Waals surface area (Å²) in [6, 6.07) is 0. The molecule has 0 bridgehead atoms. The number of nitrogens with two attached hydrogens (primary N) is 1. The van der Waals surface area contributed by atoms with E-state index in [1.54, 1.807) is 6.92 Å². The fourth-order valence-electron chi connectivity index (χ4n) is 4.67. The number of esters is 1. The van der Waals surface area contributed by atoms with E-state index in [1.165, 1.54) is 17.8 Å². The molecule has 5 N–H and O–H groups in total. The van der Waals surface area contributed by atoms with Crippen LogP contribution in [0.2, 0.25) is 0 Å². The summed E-state index contributed by atoms with van der Waals surface area (Å²) >= 11 is 0. The third kappa shape index (κ3) is 5.59. The number of anilines is 1. The van der Waals surface area contributed by atoms with E-state index in [1.807, 2.05) is 0 Å². The SMILES string of the molecule is CCNC(=O)[C@H]1O[C@@H](n2cnc3c(N)nc(C#CCC4CCC(COC(C)=O)CC4)nc32)[C@@H](O)[C@H]1O. The van der Waals surface area contributed by atoms with Gasteiger partial charge in [0.15, 0.2) is 23.8 Å². The highest BCUT2D eigenvalue weighted by Gasteiger charge is 2.47. The van der Waals surface area contributed by atoms with Gasteiger partial charge in [-0.15, -0.1) is 0 Å². The highest BCUT2D eigenvalue weighted by atomic mass is 16.6. The number of carbonyl (C=O) groups excluding carboxylic acids is 2. The highest BCUT2D eigenvalue weighted by Crippen LogP contribution is 2.33. The van der Waals surface area contributed by atoms with Crippen molar-refractivity contribution in [2.45, 2.75) is 70.5 Å². The molecule has 3 heterocycles. The molecule has 1 aliphatic heterocycles. The lowest BCUT2D eigenvalue weighted by Crippen LogP contribution is -2.42. The number of aliphatic hydroxyl groups is 2. The quantitative estimate of drug-likeness (QED) is 0.318. The van der Waals surface area contributed by atoms with Gasteiger partial charge >= 0.3 is 5.97 Å². The van der Waals surface area contributed by atoms with Crippen LogP contribution in [0.25, 0.3) is 11.2 Å². The molecule has 36 heavy (non-hydrogen) atoms. The molecule has 1 saturated heterocycles. The van der Waals surface area contributed by atoms with Gasteiger partial charge in [0, 0.05) is 19.9 Å². The Balaban J connectivity index is 1.45. The number of rotatable bonds is 6. The molecule has 0 spiro atoms. The fraction of sp³-hybridized carbons (Fsp3) is 0.625. The van der Waals surface area contributed by atoms with Gasteiger partial charge in [0.05, 0.1) is 12.9 Å². The third-order valence-electron chi connectivity index (χ3n) is 6.65. The second-order valence-electron chi connectivity index (χ2n) is 9.27. The van der Waals surface area contributed by atoms with Crippen molar-refractivity contribution in [3.63, 3.8) is 0 Å². The molecule has 2 aliphatic rings. The minimum absolute atomic E-state index is 0.127. The van der Waals surface area contributed by atoms with Gasteiger partial charge < -0.3 is 30.7 Å². The first kappa shape index (κ1) is 25.8. The summed E-state index contributed by atoms with van der Waals surface area (Å²) in [6.45, 7) is 4.02. The summed E-state index contributed by atoms with van der Waals surface area (Å²) in [4.78, 5) is 36.1. The van der Waals surface area contributed by atoms with Crippen molar-refractivity contribution in [2.75, 3.05) is 18.9 Å². The predicted octanol–water partition coefficient (Wildman–Crippen LogP) is 0.275. The number of nitrogens with zero attached hydrogens (tertiary/aromatic N) is 4. The summed E-state index contributed by atoms with van der Waals surface area (Å²) in [6.07, 6.45) is 0.983. The number of nitrogen functional groups attached to an aromatic ring is 1. The molecule has 12 heteroatoms. The summed E-state index contributed by atoms with van der Waals surface area (Å²) in [5.41, 5.74) is 6.67. The molecule has 0 radical (unpaired) electrons. The Hall–Kier alpha value is -3.27. The van der Waals surface area contributed by atoms with Gasteiger partial charge in [-0.2, -0.15) is 0 Å². The van der Waals surface area contributed by atoms with Crippen LogP contribution < -0.4 is 11.1 Å². The maximum absolute atomic E-state index is 12.2. The zero-order valence-corrected chi connectivity index (χ0v) is 20.4. The highest BCUT2D eigenvalue weighted by molar-refractivity contribution is 5.83. The molecule has 2 aromatic rings. The summed E-state index contributed by atoms with van der Waals surface area (Å²) < 4.78 is 12.2. The molecule has 2 fully saturated rings. The van der Waals surface area contributed by atoms with Gasteiger partial charge in [-0.05, 0) is 50.4 Å². The van der Waals surface area contributed by atoms with Gasteiger partial charge in [0.1, 0.15) is 17.7 Å². The first-order valence-corrected chi connectivity index (χ1v) is 12.2. The normalized spacial score (nSPS) is 27.9. The van der Waals surface area contributed by atoms with Crippen molar-refractivity contribution in [1.29, 1.82) is 0 Å². The number of imidazole rings is 1. The fourth-order valence-corrected chi connectivity index (χ4v) is 4.67. The average Bonchev–Trinajstić information content (AvgIpc) is 3.40. The second-order valence-corrected chi connectivity index (χ2v) is 9.27. The van der Waals surface area contributed by atoms with Crippen LogP contribution in [0.3, 0.4) is 0 Å². The number of likely N-dealkylation sites (N-methyl/N-ethyl adjacent to an activating group) is 1. The number of ether oxygens (including phenoxy) is 2. The molecule has 0 aromatic carbocycles. The van der Waals surface area contributed by atoms with Crippen LogP contribution >= 0.6 is 0 Å². The first-order chi connectivity index (χ1) is 17.3. The van der Waals surface area contributed by atoms with E-state index < -0.39 is 30.4 Å². The summed E-state index contributed by atoms with van der Waals surface area (Å²) in [5.74, 6) is 6.54. The van der Waals surface area contributed by atoms with Crippen LogP contribution in [-0.4, -0.2) is 73.1 Å². The van der Waals surface area contributed by atoms with Crippen molar-refractivity contribution in [1.82, 2.24) is 24.8 Å². The van der Waals surface area contributed by atoms with Crippen molar-refractivity contribution in [2.24, 2.45) is 11.8 Å². The summed E-state index contributed by atoms with van der Waals surface area (Å²) in [5, 5.41) is 23.5. The van der Waals surface area contributed by atoms with Gasteiger partial charge in [-0.25, -0.2) is 15.0 Å². The van der Waals surface area contributed by atoms with Crippen LogP contribution in [0.1, 0.15) is 58.0 Å². The monoisotopic (exact) mass is 500 g/mol. The average molecular weight is 501 g/mol.